The van der Waals surface area contributed by atoms with Gasteiger partial charge in [-0.15, -0.1) is 0 Å². The van der Waals surface area contributed by atoms with Crippen molar-refractivity contribution in [2.75, 3.05) is 53.0 Å². The highest BCUT2D eigenvalue weighted by Gasteiger charge is 2.09. The average Bonchev–Trinajstić information content (AvgIpc) is 2.54. The summed E-state index contributed by atoms with van der Waals surface area (Å²) in [6, 6.07) is 6.69. The maximum absolute atomic E-state index is 13.1. The number of hydrogen-bond donors (Lipinski definition) is 2. The summed E-state index contributed by atoms with van der Waals surface area (Å²) >= 11 is 0. The number of morpholine rings is 1. The Labute approximate surface area is 131 Å². The van der Waals surface area contributed by atoms with E-state index in [0.29, 0.717) is 0 Å². The molecule has 1 aliphatic rings. The molecule has 22 heavy (non-hydrogen) atoms. The first-order chi connectivity index (χ1) is 10.8. The summed E-state index contributed by atoms with van der Waals surface area (Å²) in [5.74, 6) is 0.593. The maximum atomic E-state index is 13.1. The molecule has 0 saturated carbocycles. The van der Waals surface area contributed by atoms with Gasteiger partial charge in [0.2, 0.25) is 0 Å². The molecule has 5 nitrogen and oxygen atoms in total. The minimum absolute atomic E-state index is 0.189. The van der Waals surface area contributed by atoms with Crippen LogP contribution < -0.4 is 10.6 Å². The molecule has 122 valence electrons. The number of hydrogen-bond acceptors (Lipinski definition) is 3. The molecule has 2 N–H and O–H groups in total. The first kappa shape index (κ1) is 16.7. The number of nitrogens with zero attached hydrogens (tertiary/aromatic N) is 2. The molecule has 0 atom stereocenters. The van der Waals surface area contributed by atoms with Crippen molar-refractivity contribution in [1.82, 2.24) is 15.5 Å². The number of ether oxygens (including phenoxy) is 1. The molecule has 1 heterocycles. The van der Waals surface area contributed by atoms with Crippen LogP contribution in [-0.4, -0.2) is 63.8 Å². The molecule has 0 unspecified atom stereocenters. The van der Waals surface area contributed by atoms with Crippen molar-refractivity contribution in [3.8, 4) is 0 Å². The fourth-order valence-corrected chi connectivity index (χ4v) is 2.40. The van der Waals surface area contributed by atoms with Crippen LogP contribution in [0.2, 0.25) is 0 Å². The molecule has 1 aromatic carbocycles. The van der Waals surface area contributed by atoms with Crippen LogP contribution in [-0.2, 0) is 11.2 Å². The number of benzene rings is 1. The minimum Gasteiger partial charge on any atom is -0.379 e. The Hall–Kier alpha value is -1.66. The molecule has 0 spiro atoms. The lowest BCUT2D eigenvalue weighted by atomic mass is 10.1. The molecular formula is C16H25FN4O. The van der Waals surface area contributed by atoms with Gasteiger partial charge in [0.15, 0.2) is 5.96 Å². The van der Waals surface area contributed by atoms with Gasteiger partial charge in [-0.1, -0.05) is 12.1 Å². The molecule has 0 amide bonds. The van der Waals surface area contributed by atoms with Crippen LogP contribution in [0.25, 0.3) is 0 Å². The summed E-state index contributed by atoms with van der Waals surface area (Å²) in [5, 5.41) is 6.55. The summed E-state index contributed by atoms with van der Waals surface area (Å²) in [6.07, 6.45) is 0.766. The van der Waals surface area contributed by atoms with Gasteiger partial charge in [0, 0.05) is 39.8 Å². The normalized spacial score (nSPS) is 16.5. The Bertz CT molecular complexity index is 475. The highest BCUT2D eigenvalue weighted by Crippen LogP contribution is 2.03. The van der Waals surface area contributed by atoms with Crippen molar-refractivity contribution in [3.63, 3.8) is 0 Å². The van der Waals surface area contributed by atoms with Crippen molar-refractivity contribution in [3.05, 3.63) is 35.6 Å². The molecule has 1 saturated heterocycles. The van der Waals surface area contributed by atoms with E-state index in [1.807, 2.05) is 6.07 Å². The second kappa shape index (κ2) is 9.38. The lowest BCUT2D eigenvalue weighted by Gasteiger charge is -2.26. The minimum atomic E-state index is -0.189. The van der Waals surface area contributed by atoms with E-state index < -0.39 is 0 Å². The third kappa shape index (κ3) is 5.99. The van der Waals surface area contributed by atoms with Gasteiger partial charge < -0.3 is 15.4 Å². The maximum Gasteiger partial charge on any atom is 0.191 e. The zero-order chi connectivity index (χ0) is 15.6. The molecule has 1 aromatic rings. The van der Waals surface area contributed by atoms with Crippen molar-refractivity contribution in [2.24, 2.45) is 4.99 Å². The largest absolute Gasteiger partial charge is 0.379 e. The standard InChI is InChI=1S/C16H25FN4O/c1-18-16(20-7-8-21-9-11-22-12-10-21)19-6-5-14-3-2-4-15(17)13-14/h2-4,13H,5-12H2,1H3,(H2,18,19,20). The smallest absolute Gasteiger partial charge is 0.191 e. The van der Waals surface area contributed by atoms with Crippen LogP contribution in [0.1, 0.15) is 5.56 Å². The SMILES string of the molecule is CN=C(NCCc1cccc(F)c1)NCCN1CCOCC1. The predicted molar refractivity (Wildman–Crippen MR) is 86.7 cm³/mol. The quantitative estimate of drug-likeness (QED) is 0.605. The highest BCUT2D eigenvalue weighted by atomic mass is 19.1. The summed E-state index contributed by atoms with van der Waals surface area (Å²) < 4.78 is 18.4. The van der Waals surface area contributed by atoms with Crippen molar-refractivity contribution < 1.29 is 9.13 Å². The summed E-state index contributed by atoms with van der Waals surface area (Å²) in [4.78, 5) is 6.57. The number of rotatable bonds is 6. The Morgan fingerprint density at radius 2 is 2.05 bits per heavy atom. The van der Waals surface area contributed by atoms with Crippen LogP contribution in [0.5, 0.6) is 0 Å². The Balaban J connectivity index is 1.62. The van der Waals surface area contributed by atoms with Gasteiger partial charge in [-0.2, -0.15) is 0 Å². The van der Waals surface area contributed by atoms with Crippen LogP contribution in [0.15, 0.2) is 29.3 Å². The van der Waals surface area contributed by atoms with Crippen LogP contribution in [0.4, 0.5) is 4.39 Å². The van der Waals surface area contributed by atoms with Gasteiger partial charge in [0.1, 0.15) is 5.82 Å². The molecule has 0 aromatic heterocycles. The van der Waals surface area contributed by atoms with E-state index in [0.717, 1.165) is 63.9 Å². The number of halogens is 1. The average molecular weight is 308 g/mol. The summed E-state index contributed by atoms with van der Waals surface area (Å²) in [7, 11) is 1.76. The molecule has 6 heteroatoms. The van der Waals surface area contributed by atoms with E-state index in [-0.39, 0.29) is 5.82 Å². The van der Waals surface area contributed by atoms with E-state index in [9.17, 15) is 4.39 Å². The predicted octanol–water partition coefficient (Wildman–Crippen LogP) is 0.865. The molecule has 0 radical (unpaired) electrons. The topological polar surface area (TPSA) is 48.9 Å². The van der Waals surface area contributed by atoms with E-state index >= 15 is 0 Å². The first-order valence-electron chi connectivity index (χ1n) is 7.77. The van der Waals surface area contributed by atoms with Crippen LogP contribution >= 0.6 is 0 Å². The molecule has 0 bridgehead atoms. The zero-order valence-corrected chi connectivity index (χ0v) is 13.1. The monoisotopic (exact) mass is 308 g/mol. The summed E-state index contributed by atoms with van der Waals surface area (Å²) in [6.45, 7) is 6.18. The van der Waals surface area contributed by atoms with E-state index in [2.05, 4.69) is 20.5 Å². The number of aliphatic imine (C=N–C) groups is 1. The molecular weight excluding hydrogens is 283 g/mol. The summed E-state index contributed by atoms with van der Waals surface area (Å²) in [5.41, 5.74) is 0.983. The number of guanidine groups is 1. The van der Waals surface area contributed by atoms with Crippen molar-refractivity contribution in [2.45, 2.75) is 6.42 Å². The van der Waals surface area contributed by atoms with Gasteiger partial charge >= 0.3 is 0 Å². The second-order valence-electron chi connectivity index (χ2n) is 5.26. The van der Waals surface area contributed by atoms with Crippen LogP contribution in [0, 0.1) is 5.82 Å². The van der Waals surface area contributed by atoms with Crippen molar-refractivity contribution in [1.29, 1.82) is 0 Å². The Morgan fingerprint density at radius 3 is 2.77 bits per heavy atom. The first-order valence-corrected chi connectivity index (χ1v) is 7.77. The third-order valence-electron chi connectivity index (χ3n) is 3.64. The van der Waals surface area contributed by atoms with Gasteiger partial charge in [0.25, 0.3) is 0 Å². The zero-order valence-electron chi connectivity index (χ0n) is 13.1. The molecule has 2 rings (SSSR count). The Kier molecular flexibility index (Phi) is 7.12. The molecule has 0 aliphatic carbocycles. The Morgan fingerprint density at radius 1 is 1.27 bits per heavy atom. The van der Waals surface area contributed by atoms with Gasteiger partial charge in [-0.05, 0) is 24.1 Å². The lowest BCUT2D eigenvalue weighted by Crippen LogP contribution is -2.44. The van der Waals surface area contributed by atoms with Gasteiger partial charge in [-0.3, -0.25) is 9.89 Å². The van der Waals surface area contributed by atoms with E-state index in [1.54, 1.807) is 19.2 Å². The molecule has 1 fully saturated rings. The third-order valence-corrected chi connectivity index (χ3v) is 3.64. The number of nitrogens with one attached hydrogen (secondary N) is 2. The highest BCUT2D eigenvalue weighted by molar-refractivity contribution is 5.79. The molecule has 1 aliphatic heterocycles. The van der Waals surface area contributed by atoms with E-state index in [4.69, 9.17) is 4.74 Å². The lowest BCUT2D eigenvalue weighted by molar-refractivity contribution is 0.0389. The van der Waals surface area contributed by atoms with E-state index in [1.165, 1.54) is 6.07 Å². The second-order valence-corrected chi connectivity index (χ2v) is 5.26. The fraction of sp³-hybridized carbons (Fsp3) is 0.562. The fourth-order valence-electron chi connectivity index (χ4n) is 2.40. The van der Waals surface area contributed by atoms with Gasteiger partial charge in [-0.25, -0.2) is 4.39 Å². The van der Waals surface area contributed by atoms with Gasteiger partial charge in [0.05, 0.1) is 13.2 Å². The van der Waals surface area contributed by atoms with Crippen LogP contribution in [0.3, 0.4) is 0 Å². The van der Waals surface area contributed by atoms with Crippen molar-refractivity contribution >= 4 is 5.96 Å².